The minimum absolute atomic E-state index is 0.0241. The van der Waals surface area contributed by atoms with Crippen LogP contribution in [0.15, 0.2) is 47.5 Å². The van der Waals surface area contributed by atoms with E-state index < -0.39 is 11.3 Å². The highest BCUT2D eigenvalue weighted by Gasteiger charge is 2.55. The number of nitrogens with zero attached hydrogens (tertiary/aromatic N) is 1. The number of fused-ring (bicyclic) bond motifs is 2. The van der Waals surface area contributed by atoms with Crippen LogP contribution in [0.3, 0.4) is 0 Å². The van der Waals surface area contributed by atoms with Crippen LogP contribution in [-0.4, -0.2) is 36.1 Å². The molecule has 2 atom stereocenters. The molecule has 3 aliphatic rings. The van der Waals surface area contributed by atoms with E-state index in [1.807, 2.05) is 41.8 Å². The fraction of sp³-hybridized carbons (Fsp3) is 0.423. The monoisotopic (exact) mass is 496 g/mol. The standard InChI is InChI=1S/C26H28N2O6S/c1-2-32-25(31)26-9-3-6-22(26)28(15-17-7-8-20-21(11-17)34-16-33-20)24(30)18(13-26)12-23(29)27-14-19-5-4-10-35-19/h4-8,10-11,18H,2-3,9,12-16H2,1H3,(H,27,29)/t18-,26+/m1/s1. The van der Waals surface area contributed by atoms with E-state index in [4.69, 9.17) is 14.2 Å². The minimum atomic E-state index is -0.918. The number of esters is 1. The predicted octanol–water partition coefficient (Wildman–Crippen LogP) is 3.76. The van der Waals surface area contributed by atoms with Crippen molar-refractivity contribution < 1.29 is 28.6 Å². The predicted molar refractivity (Wildman–Crippen MR) is 128 cm³/mol. The number of nitrogens with one attached hydrogen (secondary N) is 1. The van der Waals surface area contributed by atoms with E-state index in [0.717, 1.165) is 10.4 Å². The van der Waals surface area contributed by atoms with Gasteiger partial charge in [-0.15, -0.1) is 11.3 Å². The van der Waals surface area contributed by atoms with Crippen LogP contribution in [0.2, 0.25) is 0 Å². The number of carbonyl (C=O) groups excluding carboxylic acids is 3. The highest BCUT2D eigenvalue weighted by Crippen LogP contribution is 2.51. The average molecular weight is 497 g/mol. The number of allylic oxidation sites excluding steroid dienone is 1. The average Bonchev–Trinajstić information content (AvgIpc) is 3.61. The minimum Gasteiger partial charge on any atom is -0.465 e. The zero-order chi connectivity index (χ0) is 24.4. The van der Waals surface area contributed by atoms with Gasteiger partial charge in [-0.2, -0.15) is 0 Å². The first-order valence-corrected chi connectivity index (χ1v) is 12.7. The first-order valence-electron chi connectivity index (χ1n) is 11.9. The van der Waals surface area contributed by atoms with E-state index in [1.165, 1.54) is 0 Å². The molecule has 1 saturated heterocycles. The van der Waals surface area contributed by atoms with Crippen molar-refractivity contribution in [3.05, 3.63) is 57.9 Å². The van der Waals surface area contributed by atoms with Crippen LogP contribution < -0.4 is 14.8 Å². The lowest BCUT2D eigenvalue weighted by atomic mass is 9.71. The molecule has 9 heteroatoms. The number of piperidine rings is 1. The molecule has 1 aliphatic carbocycles. The second-order valence-electron chi connectivity index (χ2n) is 9.00. The fourth-order valence-corrected chi connectivity index (χ4v) is 5.84. The summed E-state index contributed by atoms with van der Waals surface area (Å²) in [4.78, 5) is 42.4. The summed E-state index contributed by atoms with van der Waals surface area (Å²) in [6.07, 6.45) is 3.52. The summed E-state index contributed by atoms with van der Waals surface area (Å²) in [6.45, 7) is 2.90. The van der Waals surface area contributed by atoms with Crippen molar-refractivity contribution in [1.82, 2.24) is 10.2 Å². The lowest BCUT2D eigenvalue weighted by Crippen LogP contribution is -2.52. The molecule has 1 aromatic heterocycles. The number of hydrogen-bond donors (Lipinski definition) is 1. The highest BCUT2D eigenvalue weighted by molar-refractivity contribution is 7.09. The molecule has 2 aromatic rings. The summed E-state index contributed by atoms with van der Waals surface area (Å²) in [7, 11) is 0. The van der Waals surface area contributed by atoms with Crippen LogP contribution in [0, 0.1) is 11.3 Å². The Morgan fingerprint density at radius 1 is 1.26 bits per heavy atom. The van der Waals surface area contributed by atoms with Gasteiger partial charge in [0.1, 0.15) is 5.41 Å². The maximum Gasteiger partial charge on any atom is 0.318 e. The van der Waals surface area contributed by atoms with Gasteiger partial charge in [-0.25, -0.2) is 0 Å². The molecule has 2 aliphatic heterocycles. The van der Waals surface area contributed by atoms with Crippen molar-refractivity contribution in [2.45, 2.75) is 45.7 Å². The van der Waals surface area contributed by atoms with E-state index >= 15 is 0 Å². The summed E-state index contributed by atoms with van der Waals surface area (Å²) >= 11 is 1.57. The molecule has 0 unspecified atom stereocenters. The molecule has 0 spiro atoms. The number of likely N-dealkylation sites (tertiary alicyclic amines) is 1. The topological polar surface area (TPSA) is 94.2 Å². The Hall–Kier alpha value is -3.33. The Kier molecular flexibility index (Phi) is 6.51. The number of carbonyl (C=O) groups is 3. The molecule has 3 heterocycles. The lowest BCUT2D eigenvalue weighted by molar-refractivity contribution is -0.161. The Bertz CT molecular complexity index is 1160. The normalized spacial score (nSPS) is 22.5. The van der Waals surface area contributed by atoms with Gasteiger partial charge in [0, 0.05) is 22.9 Å². The molecule has 35 heavy (non-hydrogen) atoms. The molecular weight excluding hydrogens is 468 g/mol. The molecule has 5 rings (SSSR count). The van der Waals surface area contributed by atoms with Gasteiger partial charge >= 0.3 is 5.97 Å². The van der Waals surface area contributed by atoms with Crippen molar-refractivity contribution >= 4 is 29.1 Å². The quantitative estimate of drug-likeness (QED) is 0.560. The Labute approximate surface area is 207 Å². The summed E-state index contributed by atoms with van der Waals surface area (Å²) in [5.41, 5.74) is 0.628. The van der Waals surface area contributed by atoms with Gasteiger partial charge in [-0.3, -0.25) is 14.4 Å². The van der Waals surface area contributed by atoms with E-state index in [-0.39, 0.29) is 50.6 Å². The molecule has 0 bridgehead atoms. The van der Waals surface area contributed by atoms with E-state index in [2.05, 4.69) is 5.32 Å². The summed E-state index contributed by atoms with van der Waals surface area (Å²) in [5.74, 6) is 0.00245. The third-order valence-electron chi connectivity index (χ3n) is 6.82. The lowest BCUT2D eigenvalue weighted by Gasteiger charge is -2.44. The van der Waals surface area contributed by atoms with Gasteiger partial charge in [-0.05, 0) is 55.3 Å². The molecule has 0 saturated carbocycles. The summed E-state index contributed by atoms with van der Waals surface area (Å²) in [6, 6.07) is 9.45. The van der Waals surface area contributed by atoms with Gasteiger partial charge in [-0.1, -0.05) is 18.2 Å². The largest absolute Gasteiger partial charge is 0.465 e. The van der Waals surface area contributed by atoms with Crippen molar-refractivity contribution in [1.29, 1.82) is 0 Å². The maximum atomic E-state index is 13.7. The van der Waals surface area contributed by atoms with Gasteiger partial charge in [0.25, 0.3) is 0 Å². The Balaban J connectivity index is 1.39. The van der Waals surface area contributed by atoms with E-state index in [9.17, 15) is 14.4 Å². The van der Waals surface area contributed by atoms with Gasteiger partial charge in [0.2, 0.25) is 18.6 Å². The fourth-order valence-electron chi connectivity index (χ4n) is 5.20. The second-order valence-corrected chi connectivity index (χ2v) is 10.0. The zero-order valence-electron chi connectivity index (χ0n) is 19.6. The Morgan fingerprint density at radius 3 is 2.91 bits per heavy atom. The van der Waals surface area contributed by atoms with Crippen molar-refractivity contribution in [3.63, 3.8) is 0 Å². The van der Waals surface area contributed by atoms with E-state index in [1.54, 1.807) is 23.2 Å². The van der Waals surface area contributed by atoms with Gasteiger partial charge < -0.3 is 24.4 Å². The maximum absolute atomic E-state index is 13.7. The molecule has 1 N–H and O–H groups in total. The first kappa shape index (κ1) is 23.4. The molecule has 8 nitrogen and oxygen atoms in total. The van der Waals surface area contributed by atoms with Crippen LogP contribution in [-0.2, 0) is 32.2 Å². The first-order chi connectivity index (χ1) is 17.0. The smallest absolute Gasteiger partial charge is 0.318 e. The van der Waals surface area contributed by atoms with Crippen LogP contribution in [0.5, 0.6) is 11.5 Å². The molecule has 1 aromatic carbocycles. The third kappa shape index (κ3) is 4.52. The van der Waals surface area contributed by atoms with Crippen molar-refractivity contribution in [2.75, 3.05) is 13.4 Å². The number of ether oxygens (including phenoxy) is 3. The number of thiophene rings is 1. The molecular formula is C26H28N2O6S. The molecule has 2 amide bonds. The van der Waals surface area contributed by atoms with Crippen LogP contribution in [0.1, 0.15) is 43.0 Å². The number of amides is 2. The molecule has 0 radical (unpaired) electrons. The van der Waals surface area contributed by atoms with Crippen LogP contribution in [0.4, 0.5) is 0 Å². The van der Waals surface area contributed by atoms with Gasteiger partial charge in [0.05, 0.1) is 19.7 Å². The SMILES string of the molecule is CCOC(=O)[C@]12CCC=C1N(Cc1ccc3c(c1)OCO3)C(=O)[C@H](CC(=O)NCc1cccs1)C2. The Morgan fingerprint density at radius 2 is 2.11 bits per heavy atom. The van der Waals surface area contributed by atoms with Crippen molar-refractivity contribution in [2.24, 2.45) is 11.3 Å². The molecule has 1 fully saturated rings. The zero-order valence-corrected chi connectivity index (χ0v) is 20.4. The molecule has 184 valence electrons. The third-order valence-corrected chi connectivity index (χ3v) is 7.69. The number of hydrogen-bond acceptors (Lipinski definition) is 7. The van der Waals surface area contributed by atoms with Crippen LogP contribution in [0.25, 0.3) is 0 Å². The van der Waals surface area contributed by atoms with Crippen LogP contribution >= 0.6 is 11.3 Å². The van der Waals surface area contributed by atoms with Gasteiger partial charge in [0.15, 0.2) is 11.5 Å². The summed E-state index contributed by atoms with van der Waals surface area (Å²) < 4.78 is 16.4. The second kappa shape index (κ2) is 9.73. The number of rotatable bonds is 8. The van der Waals surface area contributed by atoms with E-state index in [0.29, 0.717) is 36.6 Å². The van der Waals surface area contributed by atoms with Crippen molar-refractivity contribution in [3.8, 4) is 11.5 Å². The highest BCUT2D eigenvalue weighted by atomic mass is 32.1. The summed E-state index contributed by atoms with van der Waals surface area (Å²) in [5, 5.41) is 4.87. The number of benzene rings is 1.